The smallest absolute Gasteiger partial charge is 0.222 e. The molecule has 1 amide bonds. The van der Waals surface area contributed by atoms with Crippen molar-refractivity contribution in [3.8, 4) is 0 Å². The van der Waals surface area contributed by atoms with E-state index in [4.69, 9.17) is 11.5 Å². The fourth-order valence-electron chi connectivity index (χ4n) is 0.891. The van der Waals surface area contributed by atoms with Gasteiger partial charge in [0.2, 0.25) is 5.91 Å². The molecular formula is C11H20N4O. The van der Waals surface area contributed by atoms with Gasteiger partial charge in [-0.25, -0.2) is 0 Å². The van der Waals surface area contributed by atoms with Gasteiger partial charge in [0.1, 0.15) is 0 Å². The Kier molecular flexibility index (Phi) is 10.6. The van der Waals surface area contributed by atoms with Crippen LogP contribution in [0.15, 0.2) is 36.4 Å². The molecule has 1 rings (SSSR count). The minimum atomic E-state index is -0.0524. The first-order valence-corrected chi connectivity index (χ1v) is 5.18. The fraction of sp³-hybridized carbons (Fsp3) is 0.364. The average molecular weight is 224 g/mol. The number of benzene rings is 1. The predicted molar refractivity (Wildman–Crippen MR) is 65.3 cm³/mol. The Bertz CT molecular complexity index is 227. The molecule has 0 bridgehead atoms. The summed E-state index contributed by atoms with van der Waals surface area (Å²) in [6.07, 6.45) is 0.425. The second-order valence-electron chi connectivity index (χ2n) is 2.91. The number of nitrogens with two attached hydrogens (primary N) is 2. The largest absolute Gasteiger partial charge is 0.344 e. The molecule has 0 atom stereocenters. The number of nitrogens with one attached hydrogen (secondary N) is 2. The zero-order valence-electron chi connectivity index (χ0n) is 9.36. The summed E-state index contributed by atoms with van der Waals surface area (Å²) in [5.74, 6) is -0.0524. The van der Waals surface area contributed by atoms with Gasteiger partial charge in [0.05, 0.1) is 6.67 Å². The molecule has 0 unspecified atom stereocenters. The second-order valence-corrected chi connectivity index (χ2v) is 2.91. The summed E-state index contributed by atoms with van der Waals surface area (Å²) in [6.45, 7) is 1.19. The van der Waals surface area contributed by atoms with Crippen molar-refractivity contribution in [3.05, 3.63) is 36.4 Å². The SMILES string of the molecule is NCNCCC(=O)NCN.c1ccccc1. The summed E-state index contributed by atoms with van der Waals surface area (Å²) >= 11 is 0. The molecule has 0 fully saturated rings. The Labute approximate surface area is 96.2 Å². The highest BCUT2D eigenvalue weighted by Crippen LogP contribution is 1.79. The summed E-state index contributed by atoms with van der Waals surface area (Å²) in [7, 11) is 0. The number of carbonyl (C=O) groups is 1. The molecule has 0 spiro atoms. The van der Waals surface area contributed by atoms with Crippen LogP contribution in [0.2, 0.25) is 0 Å². The van der Waals surface area contributed by atoms with Crippen molar-refractivity contribution in [2.75, 3.05) is 19.9 Å². The van der Waals surface area contributed by atoms with E-state index in [0.29, 0.717) is 19.6 Å². The lowest BCUT2D eigenvalue weighted by molar-refractivity contribution is -0.120. The summed E-state index contributed by atoms with van der Waals surface area (Å²) in [5, 5.41) is 5.28. The maximum Gasteiger partial charge on any atom is 0.222 e. The zero-order valence-corrected chi connectivity index (χ0v) is 9.36. The third-order valence-corrected chi connectivity index (χ3v) is 1.64. The van der Waals surface area contributed by atoms with Gasteiger partial charge in [0, 0.05) is 19.6 Å². The molecule has 0 radical (unpaired) electrons. The van der Waals surface area contributed by atoms with E-state index >= 15 is 0 Å². The first kappa shape index (κ1) is 14.6. The monoisotopic (exact) mass is 224 g/mol. The first-order chi connectivity index (χ1) is 7.81. The van der Waals surface area contributed by atoms with Crippen molar-refractivity contribution < 1.29 is 4.79 Å². The Morgan fingerprint density at radius 1 is 0.938 bits per heavy atom. The highest BCUT2D eigenvalue weighted by atomic mass is 16.1. The quantitative estimate of drug-likeness (QED) is 0.404. The third-order valence-electron chi connectivity index (χ3n) is 1.64. The summed E-state index contributed by atoms with van der Waals surface area (Å²) < 4.78 is 0. The van der Waals surface area contributed by atoms with Crippen LogP contribution in [-0.2, 0) is 4.79 Å². The summed E-state index contributed by atoms with van der Waals surface area (Å²) in [4.78, 5) is 10.6. The van der Waals surface area contributed by atoms with E-state index in [2.05, 4.69) is 10.6 Å². The number of amides is 1. The van der Waals surface area contributed by atoms with Crippen LogP contribution < -0.4 is 22.1 Å². The van der Waals surface area contributed by atoms with Crippen LogP contribution >= 0.6 is 0 Å². The van der Waals surface area contributed by atoms with Gasteiger partial charge >= 0.3 is 0 Å². The lowest BCUT2D eigenvalue weighted by Gasteiger charge is -2.01. The summed E-state index contributed by atoms with van der Waals surface area (Å²) in [6, 6.07) is 12.0. The first-order valence-electron chi connectivity index (χ1n) is 5.18. The molecular weight excluding hydrogens is 204 g/mol. The Morgan fingerprint density at radius 2 is 1.44 bits per heavy atom. The molecule has 0 aliphatic heterocycles. The van der Waals surface area contributed by atoms with E-state index < -0.39 is 0 Å². The minimum Gasteiger partial charge on any atom is -0.344 e. The average Bonchev–Trinajstić information content (AvgIpc) is 2.33. The van der Waals surface area contributed by atoms with Gasteiger partial charge in [-0.3, -0.25) is 4.79 Å². The molecule has 0 saturated carbocycles. The molecule has 1 aromatic carbocycles. The van der Waals surface area contributed by atoms with E-state index in [0.717, 1.165) is 0 Å². The molecule has 16 heavy (non-hydrogen) atoms. The topological polar surface area (TPSA) is 93.2 Å². The van der Waals surface area contributed by atoms with E-state index in [1.807, 2.05) is 36.4 Å². The van der Waals surface area contributed by atoms with Gasteiger partial charge in [-0.05, 0) is 0 Å². The number of rotatable bonds is 5. The van der Waals surface area contributed by atoms with Gasteiger partial charge in [-0.15, -0.1) is 0 Å². The van der Waals surface area contributed by atoms with E-state index in [1.54, 1.807) is 0 Å². The maximum absolute atomic E-state index is 10.6. The van der Waals surface area contributed by atoms with Crippen molar-refractivity contribution in [1.29, 1.82) is 0 Å². The molecule has 0 aromatic heterocycles. The predicted octanol–water partition coefficient (Wildman–Crippen LogP) is -0.399. The van der Waals surface area contributed by atoms with Crippen LogP contribution in [0.4, 0.5) is 0 Å². The normalized spacial score (nSPS) is 8.88. The van der Waals surface area contributed by atoms with Crippen molar-refractivity contribution >= 4 is 5.91 Å². The van der Waals surface area contributed by atoms with Crippen LogP contribution in [-0.4, -0.2) is 25.8 Å². The second kappa shape index (κ2) is 11.6. The van der Waals surface area contributed by atoms with Gasteiger partial charge in [-0.2, -0.15) is 0 Å². The molecule has 0 aliphatic carbocycles. The van der Waals surface area contributed by atoms with Crippen LogP contribution in [0.3, 0.4) is 0 Å². The number of carbonyl (C=O) groups excluding carboxylic acids is 1. The lowest BCUT2D eigenvalue weighted by Crippen LogP contribution is -2.33. The van der Waals surface area contributed by atoms with Gasteiger partial charge in [0.15, 0.2) is 0 Å². The van der Waals surface area contributed by atoms with Crippen molar-refractivity contribution in [3.63, 3.8) is 0 Å². The molecule has 90 valence electrons. The Morgan fingerprint density at radius 3 is 1.81 bits per heavy atom. The van der Waals surface area contributed by atoms with E-state index in [-0.39, 0.29) is 12.6 Å². The molecule has 6 N–H and O–H groups in total. The lowest BCUT2D eigenvalue weighted by atomic mass is 10.4. The van der Waals surface area contributed by atoms with Crippen molar-refractivity contribution in [1.82, 2.24) is 10.6 Å². The van der Waals surface area contributed by atoms with Crippen molar-refractivity contribution in [2.45, 2.75) is 6.42 Å². The van der Waals surface area contributed by atoms with Crippen molar-refractivity contribution in [2.24, 2.45) is 11.5 Å². The maximum atomic E-state index is 10.6. The molecule has 0 heterocycles. The van der Waals surface area contributed by atoms with Gasteiger partial charge in [0.25, 0.3) is 0 Å². The number of hydrogen-bond acceptors (Lipinski definition) is 4. The Balaban J connectivity index is 0.000000315. The fourth-order valence-corrected chi connectivity index (χ4v) is 0.891. The summed E-state index contributed by atoms with van der Waals surface area (Å²) in [5.41, 5.74) is 10.2. The standard InChI is InChI=1S/C6H6.C5H14N4O/c1-2-4-6-5-3-1;6-3-8-2-1-5(10)9-4-7/h1-6H;8H,1-4,6-7H2,(H,9,10). The number of hydrogen-bond donors (Lipinski definition) is 4. The Hall–Kier alpha value is -1.43. The van der Waals surface area contributed by atoms with Crippen LogP contribution in [0.5, 0.6) is 0 Å². The van der Waals surface area contributed by atoms with Crippen LogP contribution in [0.1, 0.15) is 6.42 Å². The molecule has 0 saturated heterocycles. The van der Waals surface area contributed by atoms with Crippen LogP contribution in [0.25, 0.3) is 0 Å². The third kappa shape index (κ3) is 10.6. The molecule has 5 nitrogen and oxygen atoms in total. The highest BCUT2D eigenvalue weighted by molar-refractivity contribution is 5.75. The van der Waals surface area contributed by atoms with Crippen LogP contribution in [0, 0.1) is 0 Å². The molecule has 5 heteroatoms. The van der Waals surface area contributed by atoms with E-state index in [1.165, 1.54) is 0 Å². The van der Waals surface area contributed by atoms with Gasteiger partial charge < -0.3 is 22.1 Å². The van der Waals surface area contributed by atoms with E-state index in [9.17, 15) is 4.79 Å². The highest BCUT2D eigenvalue weighted by Gasteiger charge is 1.95. The molecule has 0 aliphatic rings. The zero-order chi connectivity index (χ0) is 12.1. The van der Waals surface area contributed by atoms with Gasteiger partial charge in [-0.1, -0.05) is 36.4 Å². The minimum absolute atomic E-state index is 0.0524. The molecule has 1 aromatic rings.